The molecular formula is C8H18NO+. The van der Waals surface area contributed by atoms with Crippen LogP contribution in [0.4, 0.5) is 0 Å². The summed E-state index contributed by atoms with van der Waals surface area (Å²) < 4.78 is 6.36. The molecule has 1 aliphatic rings. The smallest absolute Gasteiger partial charge is 0.0832 e. The van der Waals surface area contributed by atoms with Crippen molar-refractivity contribution < 1.29 is 9.22 Å². The lowest BCUT2D eigenvalue weighted by Crippen LogP contribution is -2.39. The van der Waals surface area contributed by atoms with Crippen LogP contribution in [0.15, 0.2) is 0 Å². The third kappa shape index (κ3) is 2.67. The van der Waals surface area contributed by atoms with Crippen LogP contribution in [-0.4, -0.2) is 45.4 Å². The van der Waals surface area contributed by atoms with E-state index in [1.165, 1.54) is 13.0 Å². The third-order valence-corrected chi connectivity index (χ3v) is 1.83. The van der Waals surface area contributed by atoms with Crippen molar-refractivity contribution in [2.24, 2.45) is 5.92 Å². The van der Waals surface area contributed by atoms with Gasteiger partial charge in [-0.05, 0) is 6.42 Å². The lowest BCUT2D eigenvalue weighted by Gasteiger charge is -2.26. The Kier molecular flexibility index (Phi) is 2.32. The molecule has 0 aromatic carbocycles. The fourth-order valence-electron chi connectivity index (χ4n) is 1.50. The van der Waals surface area contributed by atoms with Crippen LogP contribution in [0.1, 0.15) is 6.42 Å². The van der Waals surface area contributed by atoms with Crippen molar-refractivity contribution in [2.75, 3.05) is 40.9 Å². The number of nitrogens with zero attached hydrogens (tertiary/aromatic N) is 1. The molecule has 0 aromatic rings. The minimum absolute atomic E-state index is 0.806. The molecule has 0 amide bonds. The Morgan fingerprint density at radius 3 is 2.50 bits per heavy atom. The summed E-state index contributed by atoms with van der Waals surface area (Å²) in [6.07, 6.45) is 1.26. The summed E-state index contributed by atoms with van der Waals surface area (Å²) in [5.41, 5.74) is 0. The van der Waals surface area contributed by atoms with Crippen LogP contribution >= 0.6 is 0 Å². The van der Waals surface area contributed by atoms with Gasteiger partial charge in [0.2, 0.25) is 0 Å². The number of rotatable bonds is 2. The van der Waals surface area contributed by atoms with Gasteiger partial charge in [0.15, 0.2) is 0 Å². The summed E-state index contributed by atoms with van der Waals surface area (Å²) in [4.78, 5) is 0. The molecule has 1 atom stereocenters. The molecule has 0 aliphatic carbocycles. The van der Waals surface area contributed by atoms with Crippen LogP contribution < -0.4 is 0 Å². The summed E-state index contributed by atoms with van der Waals surface area (Å²) in [7, 11) is 6.70. The molecule has 0 aromatic heterocycles. The minimum atomic E-state index is 0.806. The highest BCUT2D eigenvalue weighted by molar-refractivity contribution is 4.62. The first-order valence-corrected chi connectivity index (χ1v) is 3.96. The first-order valence-electron chi connectivity index (χ1n) is 3.96. The summed E-state index contributed by atoms with van der Waals surface area (Å²) >= 11 is 0. The SMILES string of the molecule is C[N+](C)(C)CC1CCOC1. The minimum Gasteiger partial charge on any atom is -0.381 e. The maximum atomic E-state index is 5.29. The normalized spacial score (nSPS) is 27.3. The van der Waals surface area contributed by atoms with E-state index in [1.54, 1.807) is 0 Å². The van der Waals surface area contributed by atoms with Gasteiger partial charge in [-0.15, -0.1) is 0 Å². The lowest BCUT2D eigenvalue weighted by molar-refractivity contribution is -0.873. The van der Waals surface area contributed by atoms with Crippen LogP contribution in [0.3, 0.4) is 0 Å². The predicted molar refractivity (Wildman–Crippen MR) is 41.8 cm³/mol. The monoisotopic (exact) mass is 144 g/mol. The molecule has 0 N–H and O–H groups in total. The molecule has 1 rings (SSSR count). The second-order valence-electron chi connectivity index (χ2n) is 4.20. The molecule has 0 spiro atoms. The highest BCUT2D eigenvalue weighted by Crippen LogP contribution is 2.14. The van der Waals surface area contributed by atoms with Crippen LogP contribution in [0, 0.1) is 5.92 Å². The molecule has 60 valence electrons. The lowest BCUT2D eigenvalue weighted by atomic mass is 10.1. The standard InChI is InChI=1S/C8H18NO/c1-9(2,3)6-8-4-5-10-7-8/h8H,4-7H2,1-3H3/q+1. The Morgan fingerprint density at radius 1 is 1.40 bits per heavy atom. The summed E-state index contributed by atoms with van der Waals surface area (Å²) in [6, 6.07) is 0. The second kappa shape index (κ2) is 2.89. The molecule has 1 heterocycles. The molecule has 10 heavy (non-hydrogen) atoms. The Morgan fingerprint density at radius 2 is 2.10 bits per heavy atom. The maximum Gasteiger partial charge on any atom is 0.0832 e. The highest BCUT2D eigenvalue weighted by atomic mass is 16.5. The first-order chi connectivity index (χ1) is 4.58. The van der Waals surface area contributed by atoms with Gasteiger partial charge in [-0.1, -0.05) is 0 Å². The van der Waals surface area contributed by atoms with E-state index in [4.69, 9.17) is 4.74 Å². The fourth-order valence-corrected chi connectivity index (χ4v) is 1.50. The average Bonchev–Trinajstić information content (AvgIpc) is 2.12. The van der Waals surface area contributed by atoms with Crippen molar-refractivity contribution in [1.82, 2.24) is 0 Å². The molecule has 0 bridgehead atoms. The maximum absolute atomic E-state index is 5.29. The van der Waals surface area contributed by atoms with Gasteiger partial charge in [-0.2, -0.15) is 0 Å². The van der Waals surface area contributed by atoms with Crippen LogP contribution in [0.5, 0.6) is 0 Å². The van der Waals surface area contributed by atoms with E-state index in [2.05, 4.69) is 21.1 Å². The van der Waals surface area contributed by atoms with E-state index in [0.717, 1.165) is 23.6 Å². The van der Waals surface area contributed by atoms with Gasteiger partial charge in [0.25, 0.3) is 0 Å². The van der Waals surface area contributed by atoms with Crippen molar-refractivity contribution in [1.29, 1.82) is 0 Å². The van der Waals surface area contributed by atoms with E-state index < -0.39 is 0 Å². The topological polar surface area (TPSA) is 9.23 Å². The zero-order chi connectivity index (χ0) is 7.61. The quantitative estimate of drug-likeness (QED) is 0.519. The fraction of sp³-hybridized carbons (Fsp3) is 1.00. The van der Waals surface area contributed by atoms with Gasteiger partial charge in [0.05, 0.1) is 34.3 Å². The van der Waals surface area contributed by atoms with Crippen molar-refractivity contribution in [3.05, 3.63) is 0 Å². The number of quaternary nitrogens is 1. The summed E-state index contributed by atoms with van der Waals surface area (Å²) in [6.45, 7) is 3.21. The molecule has 2 nitrogen and oxygen atoms in total. The highest BCUT2D eigenvalue weighted by Gasteiger charge is 2.21. The summed E-state index contributed by atoms with van der Waals surface area (Å²) in [5, 5.41) is 0. The average molecular weight is 144 g/mol. The zero-order valence-corrected chi connectivity index (χ0v) is 7.26. The Balaban J connectivity index is 2.24. The molecular weight excluding hydrogens is 126 g/mol. The molecule has 1 unspecified atom stereocenters. The van der Waals surface area contributed by atoms with Gasteiger partial charge in [-0.3, -0.25) is 0 Å². The van der Waals surface area contributed by atoms with E-state index in [0.29, 0.717) is 0 Å². The van der Waals surface area contributed by atoms with E-state index in [-0.39, 0.29) is 0 Å². The molecule has 1 aliphatic heterocycles. The molecule has 1 fully saturated rings. The Hall–Kier alpha value is -0.0800. The van der Waals surface area contributed by atoms with Gasteiger partial charge < -0.3 is 9.22 Å². The van der Waals surface area contributed by atoms with E-state index in [1.807, 2.05) is 0 Å². The summed E-state index contributed by atoms with van der Waals surface area (Å²) in [5.74, 6) is 0.806. The first kappa shape index (κ1) is 8.02. The zero-order valence-electron chi connectivity index (χ0n) is 7.26. The molecule has 0 saturated carbocycles. The van der Waals surface area contributed by atoms with Gasteiger partial charge >= 0.3 is 0 Å². The van der Waals surface area contributed by atoms with Crippen LogP contribution in [0.25, 0.3) is 0 Å². The largest absolute Gasteiger partial charge is 0.381 e. The van der Waals surface area contributed by atoms with Gasteiger partial charge in [0, 0.05) is 12.5 Å². The second-order valence-corrected chi connectivity index (χ2v) is 4.20. The third-order valence-electron chi connectivity index (χ3n) is 1.83. The Labute approximate surface area is 63.4 Å². The molecule has 2 heteroatoms. The van der Waals surface area contributed by atoms with Crippen molar-refractivity contribution in [3.63, 3.8) is 0 Å². The Bertz CT molecular complexity index is 100. The van der Waals surface area contributed by atoms with Crippen LogP contribution in [0.2, 0.25) is 0 Å². The van der Waals surface area contributed by atoms with E-state index >= 15 is 0 Å². The number of hydrogen-bond donors (Lipinski definition) is 0. The predicted octanol–water partition coefficient (Wildman–Crippen LogP) is 0.729. The van der Waals surface area contributed by atoms with Crippen LogP contribution in [-0.2, 0) is 4.74 Å². The molecule has 0 radical (unpaired) electrons. The van der Waals surface area contributed by atoms with Gasteiger partial charge in [0.1, 0.15) is 0 Å². The van der Waals surface area contributed by atoms with Gasteiger partial charge in [-0.25, -0.2) is 0 Å². The van der Waals surface area contributed by atoms with Crippen molar-refractivity contribution >= 4 is 0 Å². The number of hydrogen-bond acceptors (Lipinski definition) is 1. The van der Waals surface area contributed by atoms with Crippen molar-refractivity contribution in [2.45, 2.75) is 6.42 Å². The molecule has 1 saturated heterocycles. The van der Waals surface area contributed by atoms with E-state index in [9.17, 15) is 0 Å². The number of ether oxygens (including phenoxy) is 1. The van der Waals surface area contributed by atoms with Crippen molar-refractivity contribution in [3.8, 4) is 0 Å².